The number of aryl methyl sites for hydroxylation is 1. The van der Waals surface area contributed by atoms with Crippen molar-refractivity contribution in [1.82, 2.24) is 24.7 Å². The fourth-order valence-electron chi connectivity index (χ4n) is 3.69. The minimum atomic E-state index is -3.85. The van der Waals surface area contributed by atoms with Crippen LogP contribution in [0.15, 0.2) is 59.9 Å². The lowest BCUT2D eigenvalue weighted by atomic mass is 9.98. The lowest BCUT2D eigenvalue weighted by Gasteiger charge is -2.36. The van der Waals surface area contributed by atoms with E-state index in [1.54, 1.807) is 17.1 Å². The van der Waals surface area contributed by atoms with Crippen LogP contribution < -0.4 is 4.72 Å². The molecule has 3 aromatic rings. The summed E-state index contributed by atoms with van der Waals surface area (Å²) < 4.78 is 48.5. The van der Waals surface area contributed by atoms with Gasteiger partial charge in [-0.3, -0.25) is 9.67 Å². The third-order valence-electron chi connectivity index (χ3n) is 5.40. The highest BCUT2D eigenvalue weighted by Crippen LogP contribution is 2.24. The number of aromatic nitrogens is 4. The highest BCUT2D eigenvalue weighted by Gasteiger charge is 2.34. The van der Waals surface area contributed by atoms with Gasteiger partial charge in [0.05, 0.1) is 35.9 Å². The first kappa shape index (κ1) is 22.5. The van der Waals surface area contributed by atoms with Crippen LogP contribution in [-0.4, -0.2) is 58.4 Å². The molecule has 32 heavy (non-hydrogen) atoms. The second-order valence-electron chi connectivity index (χ2n) is 7.64. The van der Waals surface area contributed by atoms with Gasteiger partial charge in [0.1, 0.15) is 11.5 Å². The minimum Gasteiger partial charge on any atom is -0.394 e. The van der Waals surface area contributed by atoms with Gasteiger partial charge < -0.3 is 9.84 Å². The maximum atomic E-state index is 13.1. The second-order valence-corrected chi connectivity index (χ2v) is 9.35. The van der Waals surface area contributed by atoms with E-state index < -0.39 is 28.0 Å². The smallest absolute Gasteiger partial charge is 0.240 e. The summed E-state index contributed by atoms with van der Waals surface area (Å²) in [6.45, 7) is 0.254. The second kappa shape index (κ2) is 9.82. The highest BCUT2D eigenvalue weighted by atomic mass is 32.2. The number of ether oxygens (including phenoxy) is 1. The summed E-state index contributed by atoms with van der Waals surface area (Å²) in [4.78, 5) is 4.04. The fraction of sp³-hybridized carbons (Fsp3) is 0.381. The quantitative estimate of drug-likeness (QED) is 0.525. The highest BCUT2D eigenvalue weighted by molar-refractivity contribution is 7.89. The number of hydrogen-bond acceptors (Lipinski definition) is 7. The summed E-state index contributed by atoms with van der Waals surface area (Å²) in [6.07, 6.45) is 6.20. The molecule has 3 heterocycles. The molecule has 1 fully saturated rings. The molecule has 0 radical (unpaired) electrons. The molecular formula is C21H24FN5O4S. The zero-order chi connectivity index (χ0) is 22.6. The molecule has 0 saturated carbocycles. The Morgan fingerprint density at radius 1 is 1.22 bits per heavy atom. The number of aliphatic hydroxyl groups is 1. The van der Waals surface area contributed by atoms with E-state index in [9.17, 15) is 17.9 Å². The topological polar surface area (TPSA) is 119 Å². The average molecular weight is 462 g/mol. The number of sulfonamides is 1. The molecule has 1 aliphatic heterocycles. The molecule has 4 rings (SSSR count). The molecule has 9 nitrogen and oxygen atoms in total. The van der Waals surface area contributed by atoms with E-state index >= 15 is 0 Å². The summed E-state index contributed by atoms with van der Waals surface area (Å²) in [6, 6.07) is 7.76. The van der Waals surface area contributed by atoms with Gasteiger partial charge in [0, 0.05) is 24.5 Å². The Kier molecular flexibility index (Phi) is 6.89. The van der Waals surface area contributed by atoms with Gasteiger partial charge in [-0.05, 0) is 55.7 Å². The van der Waals surface area contributed by atoms with Gasteiger partial charge in [0.15, 0.2) is 0 Å². The normalized spacial score (nSPS) is 21.5. The van der Waals surface area contributed by atoms with E-state index in [2.05, 4.69) is 20.0 Å². The van der Waals surface area contributed by atoms with Crippen molar-refractivity contribution in [2.45, 2.75) is 49.0 Å². The van der Waals surface area contributed by atoms with Crippen molar-refractivity contribution in [3.8, 4) is 11.3 Å². The van der Waals surface area contributed by atoms with Gasteiger partial charge in [-0.15, -0.1) is 5.10 Å². The summed E-state index contributed by atoms with van der Waals surface area (Å²) in [5.74, 6) is -0.513. The van der Waals surface area contributed by atoms with Crippen LogP contribution in [0.1, 0.15) is 19.3 Å². The molecular weight excluding hydrogens is 437 g/mol. The zero-order valence-electron chi connectivity index (χ0n) is 17.2. The molecule has 1 aromatic carbocycles. The lowest BCUT2D eigenvalue weighted by Crippen LogP contribution is -2.50. The Bertz CT molecular complexity index is 1120. The van der Waals surface area contributed by atoms with E-state index in [1.807, 2.05) is 18.3 Å². The molecule has 2 aromatic heterocycles. The predicted molar refractivity (Wildman–Crippen MR) is 113 cm³/mol. The minimum absolute atomic E-state index is 0.0340. The maximum Gasteiger partial charge on any atom is 0.240 e. The van der Waals surface area contributed by atoms with Gasteiger partial charge in [-0.1, -0.05) is 5.21 Å². The van der Waals surface area contributed by atoms with Crippen LogP contribution in [0.2, 0.25) is 0 Å². The van der Waals surface area contributed by atoms with Gasteiger partial charge >= 0.3 is 0 Å². The van der Waals surface area contributed by atoms with Gasteiger partial charge in [0.25, 0.3) is 0 Å². The standard InChI is InChI=1S/C21H24FN5O4S/c22-16-3-6-18(7-4-16)32(29,30)25-19-8-5-17(31-21(19)14-28)9-11-27-13-20(24-26-27)15-2-1-10-23-12-15/h1-4,6-7,10,12-13,17,19,21,25,28H,5,8-9,11,14H2/t17-,19-,21-/m1/s1. The molecule has 0 unspecified atom stereocenters. The van der Waals surface area contributed by atoms with E-state index in [0.29, 0.717) is 25.8 Å². The predicted octanol–water partition coefficient (Wildman–Crippen LogP) is 1.76. The summed E-state index contributed by atoms with van der Waals surface area (Å²) in [7, 11) is -3.85. The molecule has 1 aliphatic rings. The summed E-state index contributed by atoms with van der Waals surface area (Å²) >= 11 is 0. The number of hydrogen-bond donors (Lipinski definition) is 2. The lowest BCUT2D eigenvalue weighted by molar-refractivity contribution is -0.0891. The SMILES string of the molecule is O=S(=O)(N[C@@H]1CC[C@H](CCn2cc(-c3cccnc3)nn2)O[C@@H]1CO)c1ccc(F)cc1. The van der Waals surface area contributed by atoms with Crippen molar-refractivity contribution in [1.29, 1.82) is 0 Å². The molecule has 11 heteroatoms. The largest absolute Gasteiger partial charge is 0.394 e. The third-order valence-corrected chi connectivity index (χ3v) is 6.91. The Balaban J connectivity index is 1.33. The monoisotopic (exact) mass is 461 g/mol. The van der Waals surface area contributed by atoms with E-state index in [4.69, 9.17) is 4.74 Å². The number of aliphatic hydroxyl groups excluding tert-OH is 1. The maximum absolute atomic E-state index is 13.1. The van der Waals surface area contributed by atoms with Gasteiger partial charge in [-0.2, -0.15) is 0 Å². The molecule has 3 atom stereocenters. The molecule has 2 N–H and O–H groups in total. The van der Waals surface area contributed by atoms with Crippen molar-refractivity contribution in [2.75, 3.05) is 6.61 Å². The molecule has 170 valence electrons. The zero-order valence-corrected chi connectivity index (χ0v) is 18.0. The number of pyridine rings is 1. The summed E-state index contributed by atoms with van der Waals surface area (Å²) in [5.41, 5.74) is 1.61. The van der Waals surface area contributed by atoms with Crippen LogP contribution in [0.4, 0.5) is 4.39 Å². The summed E-state index contributed by atoms with van der Waals surface area (Å²) in [5, 5.41) is 18.0. The number of halogens is 1. The Morgan fingerprint density at radius 2 is 2.03 bits per heavy atom. The van der Waals surface area contributed by atoms with Gasteiger partial charge in [-0.25, -0.2) is 17.5 Å². The Hall–Kier alpha value is -2.73. The van der Waals surface area contributed by atoms with Crippen LogP contribution in [0.25, 0.3) is 11.3 Å². The molecule has 0 spiro atoms. The third kappa shape index (κ3) is 5.36. The Morgan fingerprint density at radius 3 is 2.75 bits per heavy atom. The number of benzene rings is 1. The van der Waals surface area contributed by atoms with Crippen LogP contribution >= 0.6 is 0 Å². The van der Waals surface area contributed by atoms with E-state index in [-0.39, 0.29) is 17.6 Å². The average Bonchev–Trinajstić information content (AvgIpc) is 3.28. The van der Waals surface area contributed by atoms with Crippen LogP contribution in [-0.2, 0) is 21.3 Å². The molecule has 0 aliphatic carbocycles. The van der Waals surface area contributed by atoms with Gasteiger partial charge in [0.2, 0.25) is 10.0 Å². The molecule has 0 bridgehead atoms. The fourth-order valence-corrected chi connectivity index (χ4v) is 4.99. The molecule has 1 saturated heterocycles. The van der Waals surface area contributed by atoms with Crippen LogP contribution in [0.5, 0.6) is 0 Å². The van der Waals surface area contributed by atoms with Crippen molar-refractivity contribution in [2.24, 2.45) is 0 Å². The first-order valence-corrected chi connectivity index (χ1v) is 11.8. The van der Waals surface area contributed by atoms with Crippen LogP contribution in [0, 0.1) is 5.82 Å². The van der Waals surface area contributed by atoms with Crippen molar-refractivity contribution in [3.05, 3.63) is 60.8 Å². The van der Waals surface area contributed by atoms with Crippen molar-refractivity contribution < 1.29 is 22.7 Å². The number of rotatable bonds is 8. The van der Waals surface area contributed by atoms with E-state index in [1.165, 1.54) is 12.1 Å². The number of nitrogens with zero attached hydrogens (tertiary/aromatic N) is 4. The first-order valence-electron chi connectivity index (χ1n) is 10.3. The van der Waals surface area contributed by atoms with Crippen molar-refractivity contribution >= 4 is 10.0 Å². The van der Waals surface area contributed by atoms with Crippen molar-refractivity contribution in [3.63, 3.8) is 0 Å². The van der Waals surface area contributed by atoms with E-state index in [0.717, 1.165) is 23.4 Å². The molecule has 0 amide bonds. The Labute approximate surface area is 185 Å². The number of nitrogens with one attached hydrogen (secondary N) is 1. The van der Waals surface area contributed by atoms with Crippen LogP contribution in [0.3, 0.4) is 0 Å². The first-order chi connectivity index (χ1) is 15.4.